The largest absolute Gasteiger partial charge is 0.294 e. The number of aromatic nitrogens is 4. The van der Waals surface area contributed by atoms with Gasteiger partial charge in [-0.3, -0.25) is 9.36 Å². The highest BCUT2D eigenvalue weighted by atomic mass is 32.2. The lowest BCUT2D eigenvalue weighted by atomic mass is 10.1. The summed E-state index contributed by atoms with van der Waals surface area (Å²) >= 11 is 0. The SMILES string of the molecule is Cc1ccc(C)c(Cn2cnc3c(cnn3[C@@H]3CCS(=O)(=O)C3)c2=O)c1. The molecule has 136 valence electrons. The Morgan fingerprint density at radius 1 is 1.27 bits per heavy atom. The molecule has 0 N–H and O–H groups in total. The Morgan fingerprint density at radius 2 is 2.08 bits per heavy atom. The zero-order valence-electron chi connectivity index (χ0n) is 14.7. The van der Waals surface area contributed by atoms with Crippen LogP contribution in [0.5, 0.6) is 0 Å². The van der Waals surface area contributed by atoms with Crippen LogP contribution in [0.15, 0.2) is 35.5 Å². The molecule has 0 spiro atoms. The molecule has 0 unspecified atom stereocenters. The monoisotopic (exact) mass is 372 g/mol. The quantitative estimate of drug-likeness (QED) is 0.697. The van der Waals surface area contributed by atoms with Crippen molar-refractivity contribution < 1.29 is 8.42 Å². The van der Waals surface area contributed by atoms with E-state index in [2.05, 4.69) is 16.1 Å². The Labute approximate surface area is 151 Å². The summed E-state index contributed by atoms with van der Waals surface area (Å²) in [5.74, 6) is 0.208. The van der Waals surface area contributed by atoms with Gasteiger partial charge < -0.3 is 0 Å². The summed E-state index contributed by atoms with van der Waals surface area (Å²) in [4.78, 5) is 17.2. The minimum absolute atomic E-state index is 0.0526. The van der Waals surface area contributed by atoms with Gasteiger partial charge in [-0.2, -0.15) is 5.10 Å². The van der Waals surface area contributed by atoms with Crippen molar-refractivity contribution in [1.82, 2.24) is 19.3 Å². The maximum Gasteiger partial charge on any atom is 0.264 e. The van der Waals surface area contributed by atoms with Gasteiger partial charge in [-0.25, -0.2) is 18.1 Å². The third-order valence-corrected chi connectivity index (χ3v) is 6.73. The van der Waals surface area contributed by atoms with E-state index in [1.54, 1.807) is 9.25 Å². The minimum Gasteiger partial charge on any atom is -0.294 e. The molecule has 0 saturated carbocycles. The van der Waals surface area contributed by atoms with Crippen LogP contribution in [0.3, 0.4) is 0 Å². The summed E-state index contributed by atoms with van der Waals surface area (Å²) in [7, 11) is -3.03. The lowest BCUT2D eigenvalue weighted by Gasteiger charge is -2.11. The van der Waals surface area contributed by atoms with Crippen LogP contribution < -0.4 is 5.56 Å². The number of rotatable bonds is 3. The Kier molecular flexibility index (Phi) is 3.95. The van der Waals surface area contributed by atoms with Crippen LogP contribution in [0, 0.1) is 13.8 Å². The average molecular weight is 372 g/mol. The molecule has 2 aromatic heterocycles. The Hall–Kier alpha value is -2.48. The fourth-order valence-electron chi connectivity index (χ4n) is 3.47. The zero-order valence-corrected chi connectivity index (χ0v) is 15.5. The predicted octanol–water partition coefficient (Wildman–Crippen LogP) is 1.62. The highest BCUT2D eigenvalue weighted by Crippen LogP contribution is 2.25. The maximum absolute atomic E-state index is 12.8. The molecule has 1 aliphatic heterocycles. The van der Waals surface area contributed by atoms with Gasteiger partial charge in [0.2, 0.25) is 0 Å². The molecule has 0 radical (unpaired) electrons. The summed E-state index contributed by atoms with van der Waals surface area (Å²) in [6.45, 7) is 4.48. The highest BCUT2D eigenvalue weighted by molar-refractivity contribution is 7.91. The van der Waals surface area contributed by atoms with E-state index in [0.29, 0.717) is 24.0 Å². The van der Waals surface area contributed by atoms with Gasteiger partial charge in [0.1, 0.15) is 11.7 Å². The van der Waals surface area contributed by atoms with Crippen molar-refractivity contribution in [3.63, 3.8) is 0 Å². The van der Waals surface area contributed by atoms with Crippen molar-refractivity contribution in [2.45, 2.75) is 32.9 Å². The van der Waals surface area contributed by atoms with Crippen molar-refractivity contribution in [3.8, 4) is 0 Å². The topological polar surface area (TPSA) is 86.8 Å². The van der Waals surface area contributed by atoms with Crippen molar-refractivity contribution >= 4 is 20.9 Å². The zero-order chi connectivity index (χ0) is 18.5. The van der Waals surface area contributed by atoms with Crippen LogP contribution in [0.4, 0.5) is 0 Å². The third-order valence-electron chi connectivity index (χ3n) is 4.98. The molecule has 0 amide bonds. The van der Waals surface area contributed by atoms with Gasteiger partial charge in [0.05, 0.1) is 30.3 Å². The van der Waals surface area contributed by atoms with Gasteiger partial charge in [-0.05, 0) is 31.4 Å². The fraction of sp³-hybridized carbons (Fsp3) is 0.389. The number of hydrogen-bond donors (Lipinski definition) is 0. The molecule has 1 atom stereocenters. The van der Waals surface area contributed by atoms with E-state index in [1.165, 1.54) is 12.5 Å². The van der Waals surface area contributed by atoms with Crippen molar-refractivity contribution in [3.05, 3.63) is 57.8 Å². The van der Waals surface area contributed by atoms with E-state index >= 15 is 0 Å². The third kappa shape index (κ3) is 2.94. The summed E-state index contributed by atoms with van der Waals surface area (Å²) in [5.41, 5.74) is 3.62. The molecule has 4 rings (SSSR count). The molecular weight excluding hydrogens is 352 g/mol. The summed E-state index contributed by atoms with van der Waals surface area (Å²) < 4.78 is 26.6. The molecular formula is C18H20N4O3S. The van der Waals surface area contributed by atoms with E-state index in [9.17, 15) is 13.2 Å². The molecule has 26 heavy (non-hydrogen) atoms. The van der Waals surface area contributed by atoms with Gasteiger partial charge in [0.25, 0.3) is 5.56 Å². The molecule has 8 heteroatoms. The van der Waals surface area contributed by atoms with E-state index in [0.717, 1.165) is 16.7 Å². The standard InChI is InChI=1S/C18H20N4O3S/c1-12-3-4-13(2)14(7-12)9-21-11-19-17-16(18(21)23)8-20-22(17)15-5-6-26(24,25)10-15/h3-4,7-8,11,15H,5-6,9-10H2,1-2H3/t15-/m1/s1. The van der Waals surface area contributed by atoms with Crippen LogP contribution in [0.25, 0.3) is 11.0 Å². The fourth-order valence-corrected chi connectivity index (χ4v) is 5.16. The van der Waals surface area contributed by atoms with Gasteiger partial charge in [-0.1, -0.05) is 23.8 Å². The summed E-state index contributed by atoms with van der Waals surface area (Å²) in [6.07, 6.45) is 3.52. The van der Waals surface area contributed by atoms with Gasteiger partial charge >= 0.3 is 0 Å². The number of nitrogens with zero attached hydrogens (tertiary/aromatic N) is 4. The number of benzene rings is 1. The van der Waals surface area contributed by atoms with Gasteiger partial charge in [0.15, 0.2) is 15.5 Å². The molecule has 1 aromatic carbocycles. The van der Waals surface area contributed by atoms with Crippen LogP contribution >= 0.6 is 0 Å². The van der Waals surface area contributed by atoms with E-state index in [4.69, 9.17) is 0 Å². The Balaban J connectivity index is 1.73. The first-order valence-corrected chi connectivity index (χ1v) is 10.4. The summed E-state index contributed by atoms with van der Waals surface area (Å²) in [6, 6.07) is 5.90. The Morgan fingerprint density at radius 3 is 2.81 bits per heavy atom. The number of fused-ring (bicyclic) bond motifs is 1. The number of sulfone groups is 1. The molecule has 3 heterocycles. The molecule has 1 saturated heterocycles. The number of aryl methyl sites for hydroxylation is 2. The lowest BCUT2D eigenvalue weighted by Crippen LogP contribution is -2.22. The molecule has 0 aliphatic carbocycles. The van der Waals surface area contributed by atoms with Crippen LogP contribution in [0.2, 0.25) is 0 Å². The highest BCUT2D eigenvalue weighted by Gasteiger charge is 2.31. The normalized spacial score (nSPS) is 19.2. The summed E-state index contributed by atoms with van der Waals surface area (Å²) in [5, 5.41) is 4.68. The van der Waals surface area contributed by atoms with Crippen molar-refractivity contribution in [1.29, 1.82) is 0 Å². The molecule has 1 fully saturated rings. The first-order chi connectivity index (χ1) is 12.3. The second-order valence-corrected chi connectivity index (χ2v) is 9.22. The second-order valence-electron chi connectivity index (χ2n) is 6.99. The van der Waals surface area contributed by atoms with Crippen molar-refractivity contribution in [2.75, 3.05) is 11.5 Å². The number of hydrogen-bond acceptors (Lipinski definition) is 5. The van der Waals surface area contributed by atoms with Crippen molar-refractivity contribution in [2.24, 2.45) is 0 Å². The van der Waals surface area contributed by atoms with E-state index < -0.39 is 9.84 Å². The first kappa shape index (κ1) is 17.0. The maximum atomic E-state index is 12.8. The minimum atomic E-state index is -3.03. The smallest absolute Gasteiger partial charge is 0.264 e. The lowest BCUT2D eigenvalue weighted by molar-refractivity contribution is 0.511. The molecule has 1 aliphatic rings. The first-order valence-electron chi connectivity index (χ1n) is 8.53. The average Bonchev–Trinajstić information content (AvgIpc) is 3.16. The molecule has 0 bridgehead atoms. The van der Waals surface area contributed by atoms with E-state index in [-0.39, 0.29) is 23.1 Å². The van der Waals surface area contributed by atoms with E-state index in [1.807, 2.05) is 26.0 Å². The van der Waals surface area contributed by atoms with Crippen LogP contribution in [-0.2, 0) is 16.4 Å². The second kappa shape index (κ2) is 6.05. The van der Waals surface area contributed by atoms with Crippen LogP contribution in [-0.4, -0.2) is 39.3 Å². The van der Waals surface area contributed by atoms with Crippen LogP contribution in [0.1, 0.15) is 29.2 Å². The molecule has 7 nitrogen and oxygen atoms in total. The predicted molar refractivity (Wildman–Crippen MR) is 99.1 cm³/mol. The molecule has 3 aromatic rings. The Bertz CT molecular complexity index is 1160. The van der Waals surface area contributed by atoms with Gasteiger partial charge in [-0.15, -0.1) is 0 Å². The van der Waals surface area contributed by atoms with Gasteiger partial charge in [0, 0.05) is 0 Å².